The van der Waals surface area contributed by atoms with Gasteiger partial charge in [0.2, 0.25) is 5.91 Å². The van der Waals surface area contributed by atoms with Gasteiger partial charge >= 0.3 is 0 Å². The summed E-state index contributed by atoms with van der Waals surface area (Å²) in [6.07, 6.45) is 3.67. The summed E-state index contributed by atoms with van der Waals surface area (Å²) in [6, 6.07) is 5.33. The van der Waals surface area contributed by atoms with Crippen molar-refractivity contribution in [2.75, 3.05) is 18.4 Å². The molecular formula is C12H20N4O. The fraction of sp³-hybridized carbons (Fsp3) is 0.500. The highest BCUT2D eigenvalue weighted by Gasteiger charge is 2.04. The van der Waals surface area contributed by atoms with Crippen molar-refractivity contribution in [2.45, 2.75) is 25.8 Å². The maximum atomic E-state index is 11.1. The van der Waals surface area contributed by atoms with Gasteiger partial charge in [-0.05, 0) is 31.9 Å². The zero-order valence-corrected chi connectivity index (χ0v) is 10.1. The monoisotopic (exact) mass is 236 g/mol. The molecule has 0 saturated carbocycles. The summed E-state index contributed by atoms with van der Waals surface area (Å²) in [5, 5.41) is 5.98. The number of unbranched alkanes of at least 4 members (excludes halogenated alkanes) is 1. The number of rotatable bonds is 7. The maximum Gasteiger partial charge on any atom is 0.236 e. The molecule has 5 heteroatoms. The molecule has 0 aliphatic rings. The van der Waals surface area contributed by atoms with E-state index in [4.69, 9.17) is 5.73 Å². The Labute approximate surface area is 102 Å². The number of amides is 1. The van der Waals surface area contributed by atoms with Crippen molar-refractivity contribution in [1.82, 2.24) is 10.3 Å². The van der Waals surface area contributed by atoms with E-state index >= 15 is 0 Å². The van der Waals surface area contributed by atoms with Crippen molar-refractivity contribution in [1.29, 1.82) is 0 Å². The van der Waals surface area contributed by atoms with Gasteiger partial charge in [0.1, 0.15) is 5.82 Å². The van der Waals surface area contributed by atoms with Crippen LogP contribution in [0, 0.1) is 0 Å². The molecule has 4 N–H and O–H groups in total. The normalized spacial score (nSPS) is 11.9. The molecule has 0 fully saturated rings. The van der Waals surface area contributed by atoms with Gasteiger partial charge < -0.3 is 16.4 Å². The first-order chi connectivity index (χ1) is 8.20. The van der Waals surface area contributed by atoms with Crippen LogP contribution in [-0.4, -0.2) is 30.0 Å². The third-order valence-corrected chi connectivity index (χ3v) is 2.29. The number of nitrogens with zero attached hydrogens (tertiary/aromatic N) is 1. The molecule has 0 bridgehead atoms. The summed E-state index contributed by atoms with van der Waals surface area (Å²) < 4.78 is 0. The first-order valence-corrected chi connectivity index (χ1v) is 5.88. The first kappa shape index (κ1) is 13.4. The van der Waals surface area contributed by atoms with Gasteiger partial charge in [-0.1, -0.05) is 6.07 Å². The van der Waals surface area contributed by atoms with E-state index in [1.807, 2.05) is 18.2 Å². The SMILES string of the molecule is CC(N)C(=O)NCCCCNc1ccccn1. The Kier molecular flexibility index (Phi) is 6.03. The molecule has 0 aliphatic carbocycles. The van der Waals surface area contributed by atoms with Crippen LogP contribution in [0.2, 0.25) is 0 Å². The van der Waals surface area contributed by atoms with E-state index in [2.05, 4.69) is 15.6 Å². The predicted octanol–water partition coefficient (Wildman–Crippen LogP) is 0.737. The van der Waals surface area contributed by atoms with Crippen LogP contribution in [0.3, 0.4) is 0 Å². The van der Waals surface area contributed by atoms with E-state index in [1.165, 1.54) is 0 Å². The van der Waals surface area contributed by atoms with Crippen molar-refractivity contribution >= 4 is 11.7 Å². The molecule has 0 saturated heterocycles. The molecule has 0 aromatic carbocycles. The predicted molar refractivity (Wildman–Crippen MR) is 68.6 cm³/mol. The zero-order valence-electron chi connectivity index (χ0n) is 10.1. The summed E-state index contributed by atoms with van der Waals surface area (Å²) in [6.45, 7) is 3.20. The van der Waals surface area contributed by atoms with E-state index in [0.29, 0.717) is 6.54 Å². The largest absolute Gasteiger partial charge is 0.370 e. The zero-order chi connectivity index (χ0) is 12.5. The van der Waals surface area contributed by atoms with Gasteiger partial charge in [-0.25, -0.2) is 4.98 Å². The molecule has 5 nitrogen and oxygen atoms in total. The lowest BCUT2D eigenvalue weighted by molar-refractivity contribution is -0.121. The van der Waals surface area contributed by atoms with E-state index in [0.717, 1.165) is 25.2 Å². The van der Waals surface area contributed by atoms with Crippen LogP contribution in [0.4, 0.5) is 5.82 Å². The van der Waals surface area contributed by atoms with Crippen LogP contribution in [-0.2, 0) is 4.79 Å². The summed E-state index contributed by atoms with van der Waals surface area (Å²) in [4.78, 5) is 15.3. The van der Waals surface area contributed by atoms with Gasteiger partial charge in [0.25, 0.3) is 0 Å². The minimum atomic E-state index is -0.429. The molecule has 1 aromatic heterocycles. The van der Waals surface area contributed by atoms with E-state index in [9.17, 15) is 4.79 Å². The molecule has 0 aliphatic heterocycles. The average Bonchev–Trinajstić information content (AvgIpc) is 2.34. The number of hydrogen-bond donors (Lipinski definition) is 3. The van der Waals surface area contributed by atoms with E-state index in [1.54, 1.807) is 13.1 Å². The lowest BCUT2D eigenvalue weighted by Gasteiger charge is -2.08. The fourth-order valence-corrected chi connectivity index (χ4v) is 1.31. The number of carbonyl (C=O) groups is 1. The third-order valence-electron chi connectivity index (χ3n) is 2.29. The summed E-state index contributed by atoms with van der Waals surface area (Å²) in [5.74, 6) is 0.787. The quantitative estimate of drug-likeness (QED) is 0.610. The number of nitrogens with two attached hydrogens (primary N) is 1. The van der Waals surface area contributed by atoms with Crippen LogP contribution in [0.25, 0.3) is 0 Å². The molecule has 1 aromatic rings. The van der Waals surface area contributed by atoms with Crippen LogP contribution < -0.4 is 16.4 Å². The highest BCUT2D eigenvalue weighted by Crippen LogP contribution is 1.99. The topological polar surface area (TPSA) is 80.0 Å². The number of carbonyl (C=O) groups excluding carboxylic acids is 1. The molecule has 1 unspecified atom stereocenters. The number of anilines is 1. The highest BCUT2D eigenvalue weighted by molar-refractivity contribution is 5.80. The van der Waals surface area contributed by atoms with Crippen LogP contribution in [0.5, 0.6) is 0 Å². The van der Waals surface area contributed by atoms with Gasteiger partial charge in [-0.2, -0.15) is 0 Å². The Hall–Kier alpha value is -1.62. The van der Waals surface area contributed by atoms with Gasteiger partial charge in [0.05, 0.1) is 6.04 Å². The van der Waals surface area contributed by atoms with E-state index < -0.39 is 6.04 Å². The highest BCUT2D eigenvalue weighted by atomic mass is 16.2. The molecule has 1 atom stereocenters. The molecule has 0 spiro atoms. The lowest BCUT2D eigenvalue weighted by atomic mass is 10.3. The van der Waals surface area contributed by atoms with Crippen molar-refractivity contribution in [2.24, 2.45) is 5.73 Å². The third kappa shape index (κ3) is 5.87. The Bertz CT molecular complexity index is 327. The molecule has 1 rings (SSSR count). The minimum absolute atomic E-state index is 0.0947. The smallest absolute Gasteiger partial charge is 0.236 e. The minimum Gasteiger partial charge on any atom is -0.370 e. The summed E-state index contributed by atoms with van der Waals surface area (Å²) in [5.41, 5.74) is 5.42. The van der Waals surface area contributed by atoms with Gasteiger partial charge in [-0.15, -0.1) is 0 Å². The Morgan fingerprint density at radius 2 is 2.18 bits per heavy atom. The number of nitrogens with one attached hydrogen (secondary N) is 2. The molecule has 94 valence electrons. The molecule has 1 heterocycles. The second-order valence-corrected chi connectivity index (χ2v) is 3.93. The Morgan fingerprint density at radius 3 is 2.82 bits per heavy atom. The molecule has 1 amide bonds. The van der Waals surface area contributed by atoms with Crippen LogP contribution in [0.1, 0.15) is 19.8 Å². The van der Waals surface area contributed by atoms with Crippen LogP contribution in [0.15, 0.2) is 24.4 Å². The second-order valence-electron chi connectivity index (χ2n) is 3.93. The lowest BCUT2D eigenvalue weighted by Crippen LogP contribution is -2.38. The van der Waals surface area contributed by atoms with Gasteiger partial charge in [0.15, 0.2) is 0 Å². The number of aromatic nitrogens is 1. The fourth-order valence-electron chi connectivity index (χ4n) is 1.31. The van der Waals surface area contributed by atoms with Crippen molar-refractivity contribution < 1.29 is 4.79 Å². The van der Waals surface area contributed by atoms with E-state index in [-0.39, 0.29) is 5.91 Å². The molecule has 17 heavy (non-hydrogen) atoms. The summed E-state index contributed by atoms with van der Waals surface area (Å²) >= 11 is 0. The number of hydrogen-bond acceptors (Lipinski definition) is 4. The average molecular weight is 236 g/mol. The second kappa shape index (κ2) is 7.62. The number of pyridine rings is 1. The van der Waals surface area contributed by atoms with Gasteiger partial charge in [0, 0.05) is 19.3 Å². The Balaban J connectivity index is 2.00. The van der Waals surface area contributed by atoms with Gasteiger partial charge in [-0.3, -0.25) is 4.79 Å². The molecular weight excluding hydrogens is 216 g/mol. The molecule has 0 radical (unpaired) electrons. The standard InChI is InChI=1S/C12H20N4O/c1-10(13)12(17)16-9-5-4-8-15-11-6-2-3-7-14-11/h2-3,6-7,10H,4-5,8-9,13H2,1H3,(H,14,15)(H,16,17). The van der Waals surface area contributed by atoms with Crippen LogP contribution >= 0.6 is 0 Å². The van der Waals surface area contributed by atoms with Crippen molar-refractivity contribution in [3.05, 3.63) is 24.4 Å². The maximum absolute atomic E-state index is 11.1. The van der Waals surface area contributed by atoms with Crippen molar-refractivity contribution in [3.63, 3.8) is 0 Å². The first-order valence-electron chi connectivity index (χ1n) is 5.88. The Morgan fingerprint density at radius 1 is 1.41 bits per heavy atom. The summed E-state index contributed by atoms with van der Waals surface area (Å²) in [7, 11) is 0. The van der Waals surface area contributed by atoms with Crippen molar-refractivity contribution in [3.8, 4) is 0 Å².